The summed E-state index contributed by atoms with van der Waals surface area (Å²) < 4.78 is 4.35. The minimum absolute atomic E-state index is 0.530. The van der Waals surface area contributed by atoms with Gasteiger partial charge >= 0.3 is 0 Å². The Morgan fingerprint density at radius 3 is 3.09 bits per heavy atom. The van der Waals surface area contributed by atoms with Crippen molar-refractivity contribution in [2.75, 3.05) is 18.0 Å². The first kappa shape index (κ1) is 13.5. The second-order valence-corrected chi connectivity index (χ2v) is 7.57. The Hall–Kier alpha value is -1.89. The fourth-order valence-electron chi connectivity index (χ4n) is 3.88. The zero-order valence-corrected chi connectivity index (χ0v) is 14.1. The summed E-state index contributed by atoms with van der Waals surface area (Å²) in [5.41, 5.74) is 3.84. The Kier molecular flexibility index (Phi) is 2.98. The lowest BCUT2D eigenvalue weighted by atomic mass is 10.0. The van der Waals surface area contributed by atoms with Gasteiger partial charge in [0, 0.05) is 18.8 Å². The standard InChI is InChI=1S/C16H20N6S/c1-11-8-22-15(18-11)23-16(19-22)20-7-6-12(9-20)21-10-17-13-4-2-3-5-14(13)21/h8,10,12H,2-7,9H2,1H3. The van der Waals surface area contributed by atoms with Gasteiger partial charge in [-0.25, -0.2) is 14.5 Å². The summed E-state index contributed by atoms with van der Waals surface area (Å²) in [7, 11) is 0. The lowest BCUT2D eigenvalue weighted by Crippen LogP contribution is -2.21. The molecule has 0 radical (unpaired) electrons. The fourth-order valence-corrected chi connectivity index (χ4v) is 4.84. The summed E-state index contributed by atoms with van der Waals surface area (Å²) in [4.78, 5) is 12.5. The van der Waals surface area contributed by atoms with Gasteiger partial charge in [0.1, 0.15) is 0 Å². The minimum atomic E-state index is 0.530. The number of hydrogen-bond donors (Lipinski definition) is 0. The van der Waals surface area contributed by atoms with Gasteiger partial charge < -0.3 is 9.47 Å². The maximum absolute atomic E-state index is 4.69. The molecule has 0 saturated carbocycles. The average Bonchev–Trinajstić information content (AvgIpc) is 3.27. The number of aromatic nitrogens is 5. The van der Waals surface area contributed by atoms with Crippen LogP contribution in [0.25, 0.3) is 4.96 Å². The van der Waals surface area contributed by atoms with Crippen LogP contribution >= 0.6 is 11.3 Å². The van der Waals surface area contributed by atoms with Crippen molar-refractivity contribution in [2.45, 2.75) is 45.1 Å². The molecule has 1 aliphatic carbocycles. The van der Waals surface area contributed by atoms with Crippen molar-refractivity contribution in [2.24, 2.45) is 0 Å². The molecule has 3 aromatic heterocycles. The molecule has 0 bridgehead atoms. The molecule has 2 aliphatic rings. The molecule has 1 unspecified atom stereocenters. The number of nitrogens with zero attached hydrogens (tertiary/aromatic N) is 6. The summed E-state index contributed by atoms with van der Waals surface area (Å²) in [6.07, 6.45) is 10.2. The number of aryl methyl sites for hydroxylation is 2. The van der Waals surface area contributed by atoms with Gasteiger partial charge in [-0.2, -0.15) is 0 Å². The van der Waals surface area contributed by atoms with E-state index in [-0.39, 0.29) is 0 Å². The van der Waals surface area contributed by atoms with Crippen LogP contribution in [0.4, 0.5) is 5.13 Å². The smallest absolute Gasteiger partial charge is 0.214 e. The van der Waals surface area contributed by atoms with Gasteiger partial charge in [0.2, 0.25) is 10.1 Å². The van der Waals surface area contributed by atoms with Crippen molar-refractivity contribution in [1.82, 2.24) is 24.1 Å². The van der Waals surface area contributed by atoms with E-state index in [1.165, 1.54) is 37.1 Å². The Morgan fingerprint density at radius 1 is 1.26 bits per heavy atom. The second kappa shape index (κ2) is 5.06. The largest absolute Gasteiger partial charge is 0.344 e. The van der Waals surface area contributed by atoms with Crippen molar-refractivity contribution in [3.63, 3.8) is 0 Å². The van der Waals surface area contributed by atoms with Crippen LogP contribution in [0.1, 0.15) is 42.4 Å². The lowest BCUT2D eigenvalue weighted by Gasteiger charge is -2.19. The van der Waals surface area contributed by atoms with Crippen LogP contribution in [0.5, 0.6) is 0 Å². The third-order valence-electron chi connectivity index (χ3n) is 5.04. The van der Waals surface area contributed by atoms with Gasteiger partial charge in [-0.15, -0.1) is 5.10 Å². The molecule has 0 N–H and O–H groups in total. The molecule has 120 valence electrons. The number of rotatable bonds is 2. The van der Waals surface area contributed by atoms with E-state index in [9.17, 15) is 0 Å². The Balaban J connectivity index is 1.39. The highest BCUT2D eigenvalue weighted by molar-refractivity contribution is 7.20. The zero-order valence-electron chi connectivity index (χ0n) is 13.3. The van der Waals surface area contributed by atoms with Gasteiger partial charge in [-0.3, -0.25) is 0 Å². The highest BCUT2D eigenvalue weighted by Crippen LogP contribution is 2.32. The Morgan fingerprint density at radius 2 is 2.17 bits per heavy atom. The number of anilines is 1. The molecule has 0 aromatic carbocycles. The molecule has 6 nitrogen and oxygen atoms in total. The minimum Gasteiger partial charge on any atom is -0.344 e. The number of imidazole rings is 2. The molecule has 23 heavy (non-hydrogen) atoms. The van der Waals surface area contributed by atoms with Crippen LogP contribution in [-0.2, 0) is 12.8 Å². The molecule has 1 saturated heterocycles. The first-order valence-electron chi connectivity index (χ1n) is 8.40. The molecular weight excluding hydrogens is 308 g/mol. The molecule has 0 spiro atoms. The van der Waals surface area contributed by atoms with E-state index < -0.39 is 0 Å². The summed E-state index contributed by atoms with van der Waals surface area (Å²) in [5.74, 6) is 0. The monoisotopic (exact) mass is 328 g/mol. The maximum atomic E-state index is 4.69. The van der Waals surface area contributed by atoms with Crippen LogP contribution in [-0.4, -0.2) is 37.2 Å². The summed E-state index contributed by atoms with van der Waals surface area (Å²) >= 11 is 1.69. The molecule has 5 rings (SSSR count). The van der Waals surface area contributed by atoms with E-state index in [2.05, 4.69) is 25.8 Å². The van der Waals surface area contributed by atoms with Crippen LogP contribution in [0, 0.1) is 6.92 Å². The Labute approximate surface area is 138 Å². The second-order valence-electron chi connectivity index (χ2n) is 6.63. The van der Waals surface area contributed by atoms with Crippen LogP contribution in [0.2, 0.25) is 0 Å². The Bertz CT molecular complexity index is 828. The van der Waals surface area contributed by atoms with Gasteiger partial charge in [0.25, 0.3) is 0 Å². The highest BCUT2D eigenvalue weighted by Gasteiger charge is 2.29. The third kappa shape index (κ3) is 2.17. The molecule has 7 heteroatoms. The van der Waals surface area contributed by atoms with E-state index in [0.717, 1.165) is 35.3 Å². The molecule has 3 aromatic rings. The quantitative estimate of drug-likeness (QED) is 0.726. The number of hydrogen-bond acceptors (Lipinski definition) is 5. The first-order valence-corrected chi connectivity index (χ1v) is 9.22. The molecule has 4 heterocycles. The molecule has 1 fully saturated rings. The molecule has 1 atom stereocenters. The van der Waals surface area contributed by atoms with Crippen LogP contribution in [0.3, 0.4) is 0 Å². The van der Waals surface area contributed by atoms with Crippen molar-refractivity contribution in [1.29, 1.82) is 0 Å². The lowest BCUT2D eigenvalue weighted by molar-refractivity contribution is 0.515. The normalized spacial score (nSPS) is 21.3. The first-order chi connectivity index (χ1) is 11.3. The van der Waals surface area contributed by atoms with Gasteiger partial charge in [-0.1, -0.05) is 11.3 Å². The molecule has 0 amide bonds. The summed E-state index contributed by atoms with van der Waals surface area (Å²) in [6.45, 7) is 4.10. The topological polar surface area (TPSA) is 51.2 Å². The molecular formula is C16H20N6S. The van der Waals surface area contributed by atoms with Crippen molar-refractivity contribution < 1.29 is 0 Å². The van der Waals surface area contributed by atoms with Crippen molar-refractivity contribution in [3.05, 3.63) is 29.6 Å². The number of fused-ring (bicyclic) bond motifs is 2. The van der Waals surface area contributed by atoms with Crippen molar-refractivity contribution >= 4 is 21.4 Å². The maximum Gasteiger partial charge on any atom is 0.214 e. The van der Waals surface area contributed by atoms with Gasteiger partial charge in [0.15, 0.2) is 0 Å². The highest BCUT2D eigenvalue weighted by atomic mass is 32.1. The van der Waals surface area contributed by atoms with E-state index in [0.29, 0.717) is 6.04 Å². The van der Waals surface area contributed by atoms with E-state index >= 15 is 0 Å². The van der Waals surface area contributed by atoms with Crippen LogP contribution < -0.4 is 4.90 Å². The fraction of sp³-hybridized carbons (Fsp3) is 0.562. The third-order valence-corrected chi connectivity index (χ3v) is 6.02. The van der Waals surface area contributed by atoms with E-state index in [1.807, 2.05) is 17.6 Å². The SMILES string of the molecule is Cc1cn2nc(N3CCC(n4cnc5c4CCCC5)C3)sc2n1. The molecule has 1 aliphatic heterocycles. The van der Waals surface area contributed by atoms with Gasteiger partial charge in [-0.05, 0) is 39.0 Å². The average molecular weight is 328 g/mol. The van der Waals surface area contributed by atoms with Gasteiger partial charge in [0.05, 0.1) is 30.0 Å². The van der Waals surface area contributed by atoms with E-state index in [1.54, 1.807) is 11.3 Å². The predicted molar refractivity (Wildman–Crippen MR) is 90.3 cm³/mol. The van der Waals surface area contributed by atoms with Crippen molar-refractivity contribution in [3.8, 4) is 0 Å². The summed E-state index contributed by atoms with van der Waals surface area (Å²) in [5, 5.41) is 5.78. The summed E-state index contributed by atoms with van der Waals surface area (Å²) in [6, 6.07) is 0.530. The van der Waals surface area contributed by atoms with E-state index in [4.69, 9.17) is 5.10 Å². The zero-order chi connectivity index (χ0) is 15.4. The van der Waals surface area contributed by atoms with Crippen LogP contribution in [0.15, 0.2) is 12.5 Å². The predicted octanol–water partition coefficient (Wildman–Crippen LogP) is 2.63.